The first-order valence-electron chi connectivity index (χ1n) is 8.64. The molecule has 0 spiro atoms. The molecule has 2 nitrogen and oxygen atoms in total. The Morgan fingerprint density at radius 1 is 0.767 bits per heavy atom. The summed E-state index contributed by atoms with van der Waals surface area (Å²) in [5, 5.41) is 0. The van der Waals surface area contributed by atoms with E-state index in [0.717, 1.165) is 17.7 Å². The maximum atomic E-state index is 12.6. The molecule has 0 radical (unpaired) electrons. The molecule has 0 unspecified atom stereocenters. The molecule has 0 heterocycles. The van der Waals surface area contributed by atoms with Crippen molar-refractivity contribution in [2.75, 3.05) is 5.73 Å². The number of benzene rings is 3. The van der Waals surface area contributed by atoms with E-state index in [9.17, 15) is 26.3 Å². The smallest absolute Gasteiger partial charge is 0.428 e. The summed E-state index contributed by atoms with van der Waals surface area (Å²) in [5.41, 5.74) is 7.31. The topological polar surface area (TPSA) is 35.2 Å². The summed E-state index contributed by atoms with van der Waals surface area (Å²) in [6, 6.07) is 18.9. The molecular formula is C22H21F6NO. The molecule has 30 heavy (non-hydrogen) atoms. The molecule has 3 aromatic carbocycles. The third kappa shape index (κ3) is 9.86. The first-order valence-corrected chi connectivity index (χ1v) is 8.64. The molecule has 3 rings (SSSR count). The zero-order valence-electron chi connectivity index (χ0n) is 16.3. The summed E-state index contributed by atoms with van der Waals surface area (Å²) >= 11 is 0. The number of anilines is 1. The zero-order valence-corrected chi connectivity index (χ0v) is 16.3. The van der Waals surface area contributed by atoms with Gasteiger partial charge < -0.3 is 10.5 Å². The van der Waals surface area contributed by atoms with Gasteiger partial charge in [0.15, 0.2) is 0 Å². The largest absolute Gasteiger partial charge is 0.461 e. The van der Waals surface area contributed by atoms with Gasteiger partial charge in [-0.3, -0.25) is 0 Å². The summed E-state index contributed by atoms with van der Waals surface area (Å²) in [6.07, 6.45) is -8.66. The van der Waals surface area contributed by atoms with E-state index in [4.69, 9.17) is 5.73 Å². The molecule has 0 aliphatic heterocycles. The molecule has 0 amide bonds. The fraction of sp³-hybridized carbons (Fsp3) is 0.182. The second kappa shape index (κ2) is 11.7. The number of aryl methyl sites for hydroxylation is 2. The van der Waals surface area contributed by atoms with E-state index in [1.807, 2.05) is 25.1 Å². The van der Waals surface area contributed by atoms with Crippen LogP contribution in [0.1, 0.15) is 11.1 Å². The van der Waals surface area contributed by atoms with Crippen LogP contribution >= 0.6 is 0 Å². The quantitative estimate of drug-likeness (QED) is 0.368. The number of halogens is 6. The van der Waals surface area contributed by atoms with Gasteiger partial charge in [-0.05, 0) is 32.0 Å². The van der Waals surface area contributed by atoms with Crippen molar-refractivity contribution in [1.29, 1.82) is 0 Å². The van der Waals surface area contributed by atoms with E-state index < -0.39 is 24.1 Å². The Morgan fingerprint density at radius 2 is 1.30 bits per heavy atom. The lowest BCUT2D eigenvalue weighted by molar-refractivity contribution is -0.253. The van der Waals surface area contributed by atoms with Crippen molar-refractivity contribution in [2.24, 2.45) is 0 Å². The Hall–Kier alpha value is -3.16. The fourth-order valence-electron chi connectivity index (χ4n) is 1.91. The molecule has 0 aliphatic carbocycles. The summed E-state index contributed by atoms with van der Waals surface area (Å²) < 4.78 is 76.4. The Balaban J connectivity index is 0.000000250. The lowest BCUT2D eigenvalue weighted by atomic mass is 10.2. The third-order valence-electron chi connectivity index (χ3n) is 3.35. The minimum atomic E-state index is -4.67. The van der Waals surface area contributed by atoms with Gasteiger partial charge in [-0.1, -0.05) is 53.6 Å². The van der Waals surface area contributed by atoms with Crippen molar-refractivity contribution in [3.05, 3.63) is 95.6 Å². The van der Waals surface area contributed by atoms with Crippen LogP contribution in [0.25, 0.3) is 0 Å². The predicted molar refractivity (Wildman–Crippen MR) is 105 cm³/mol. The van der Waals surface area contributed by atoms with Crippen molar-refractivity contribution in [3.63, 3.8) is 0 Å². The molecule has 0 fully saturated rings. The lowest BCUT2D eigenvalue weighted by Crippen LogP contribution is -2.33. The molecule has 162 valence electrons. The maximum absolute atomic E-state index is 12.6. The van der Waals surface area contributed by atoms with Crippen LogP contribution in [-0.2, 0) is 0 Å². The Bertz CT molecular complexity index is 845. The van der Waals surface area contributed by atoms with Gasteiger partial charge in [0.05, 0.1) is 0 Å². The number of nitrogen functional groups attached to an aromatic ring is 1. The maximum Gasteiger partial charge on any atom is 0.461 e. The van der Waals surface area contributed by atoms with Crippen molar-refractivity contribution in [3.8, 4) is 5.75 Å². The summed E-state index contributed by atoms with van der Waals surface area (Å²) in [6.45, 7) is 4.01. The average molecular weight is 429 g/mol. The average Bonchev–Trinajstić information content (AvgIpc) is 2.64. The van der Waals surface area contributed by atoms with Gasteiger partial charge in [-0.15, -0.1) is 0 Å². The van der Waals surface area contributed by atoms with Gasteiger partial charge in [-0.2, -0.15) is 17.6 Å². The van der Waals surface area contributed by atoms with Gasteiger partial charge >= 0.3 is 12.5 Å². The number of alkyl halides is 4. The minimum absolute atomic E-state index is 0.171. The predicted octanol–water partition coefficient (Wildman–Crippen LogP) is 6.77. The van der Waals surface area contributed by atoms with Crippen molar-refractivity contribution in [2.45, 2.75) is 26.4 Å². The number of nitrogens with two attached hydrogens (primary N) is 1. The minimum Gasteiger partial charge on any atom is -0.428 e. The van der Waals surface area contributed by atoms with Crippen LogP contribution < -0.4 is 10.5 Å². The molecule has 0 saturated heterocycles. The lowest BCUT2D eigenvalue weighted by Gasteiger charge is -2.16. The van der Waals surface area contributed by atoms with Gasteiger partial charge in [0, 0.05) is 17.8 Å². The molecule has 0 bridgehead atoms. The highest BCUT2D eigenvalue weighted by Crippen LogP contribution is 2.28. The van der Waals surface area contributed by atoms with E-state index in [1.54, 1.807) is 12.1 Å². The monoisotopic (exact) mass is 429 g/mol. The van der Waals surface area contributed by atoms with Crippen molar-refractivity contribution >= 4 is 5.69 Å². The van der Waals surface area contributed by atoms with Crippen LogP contribution in [0.4, 0.5) is 32.0 Å². The number of hydrogen-bond donors (Lipinski definition) is 1. The van der Waals surface area contributed by atoms with Crippen LogP contribution in [0, 0.1) is 25.5 Å². The number of hydrogen-bond acceptors (Lipinski definition) is 2. The van der Waals surface area contributed by atoms with E-state index in [1.165, 1.54) is 17.7 Å². The highest BCUT2D eigenvalue weighted by atomic mass is 19.3. The molecule has 8 heteroatoms. The van der Waals surface area contributed by atoms with E-state index in [2.05, 4.69) is 23.8 Å². The standard InChI is InChI=1S/C8H6F5NO.C7H7F.C7H8/c9-4-1-5(14)3-6(2-4)15-8(12,13)7(10)11;1-6-2-4-7(8)5-3-6;1-7-5-3-2-4-6-7/h1-3,7H,14H2;2-5H,1H3;2-6H,1H3. The first kappa shape index (κ1) is 24.9. The molecule has 2 N–H and O–H groups in total. The van der Waals surface area contributed by atoms with E-state index >= 15 is 0 Å². The summed E-state index contributed by atoms with van der Waals surface area (Å²) in [4.78, 5) is 0. The Kier molecular flexibility index (Phi) is 9.74. The highest BCUT2D eigenvalue weighted by Gasteiger charge is 2.44. The van der Waals surface area contributed by atoms with Gasteiger partial charge in [-0.25, -0.2) is 8.78 Å². The number of rotatable bonds is 3. The van der Waals surface area contributed by atoms with Gasteiger partial charge in [0.1, 0.15) is 17.4 Å². The van der Waals surface area contributed by atoms with E-state index in [-0.39, 0.29) is 11.5 Å². The van der Waals surface area contributed by atoms with Crippen LogP contribution in [-0.4, -0.2) is 12.5 Å². The third-order valence-corrected chi connectivity index (χ3v) is 3.35. The molecule has 3 aromatic rings. The van der Waals surface area contributed by atoms with E-state index in [0.29, 0.717) is 6.07 Å². The highest BCUT2D eigenvalue weighted by molar-refractivity contribution is 5.44. The van der Waals surface area contributed by atoms with Crippen LogP contribution in [0.5, 0.6) is 5.75 Å². The van der Waals surface area contributed by atoms with Gasteiger partial charge in [0.25, 0.3) is 0 Å². The van der Waals surface area contributed by atoms with Crippen LogP contribution in [0.15, 0.2) is 72.8 Å². The van der Waals surface area contributed by atoms with Crippen LogP contribution in [0.2, 0.25) is 0 Å². The zero-order chi connectivity index (χ0) is 22.7. The fourth-order valence-corrected chi connectivity index (χ4v) is 1.91. The van der Waals surface area contributed by atoms with Crippen LogP contribution in [0.3, 0.4) is 0 Å². The SMILES string of the molecule is Cc1ccc(F)cc1.Cc1ccccc1.Nc1cc(F)cc(OC(F)(F)C(F)F)c1. The Morgan fingerprint density at radius 3 is 1.70 bits per heavy atom. The first-order chi connectivity index (χ1) is 14.0. The second-order valence-corrected chi connectivity index (χ2v) is 6.14. The van der Waals surface area contributed by atoms with Crippen molar-refractivity contribution < 1.29 is 31.1 Å². The summed E-state index contributed by atoms with van der Waals surface area (Å²) in [5.74, 6) is -1.87. The molecule has 0 aliphatic rings. The molecular weight excluding hydrogens is 408 g/mol. The van der Waals surface area contributed by atoms with Gasteiger partial charge in [0.2, 0.25) is 0 Å². The molecule has 0 saturated carbocycles. The normalized spacial score (nSPS) is 10.4. The summed E-state index contributed by atoms with van der Waals surface area (Å²) in [7, 11) is 0. The Labute approximate surface area is 170 Å². The number of ether oxygens (including phenoxy) is 1. The second-order valence-electron chi connectivity index (χ2n) is 6.14. The molecule has 0 atom stereocenters. The van der Waals surface area contributed by atoms with Crippen molar-refractivity contribution in [1.82, 2.24) is 0 Å². The molecule has 0 aromatic heterocycles.